The van der Waals surface area contributed by atoms with E-state index in [1.54, 1.807) is 12.1 Å². The van der Waals surface area contributed by atoms with Crippen LogP contribution in [0, 0.1) is 0 Å². The number of benzene rings is 3. The number of carbonyl (C=O) groups is 2. The van der Waals surface area contributed by atoms with Gasteiger partial charge in [0, 0.05) is 50.7 Å². The smallest absolute Gasteiger partial charge is 0.245 e. The SMILES string of the molecule is CS(=O)(=O)N1CCCc2cccc(N3CCN(C(=O)C(Cc4ccc(Cl)cc4)NC(=O)[C@H]4Cc5ccccc5CN4)CC3)c21. The van der Waals surface area contributed by atoms with Crippen molar-refractivity contribution in [3.05, 3.63) is 94.0 Å². The average Bonchev–Trinajstić information content (AvgIpc) is 3.04. The number of fused-ring (bicyclic) bond motifs is 2. The number of rotatable bonds is 7. The Labute approximate surface area is 264 Å². The van der Waals surface area contributed by atoms with Crippen molar-refractivity contribution in [3.63, 3.8) is 0 Å². The second-order valence-corrected chi connectivity index (χ2v) is 14.2. The number of halogens is 1. The predicted octanol–water partition coefficient (Wildman–Crippen LogP) is 3.14. The molecule has 3 heterocycles. The van der Waals surface area contributed by atoms with Crippen molar-refractivity contribution in [2.24, 2.45) is 0 Å². The van der Waals surface area contributed by atoms with E-state index < -0.39 is 22.1 Å². The molecule has 6 rings (SSSR count). The summed E-state index contributed by atoms with van der Waals surface area (Å²) in [4.78, 5) is 31.5. The van der Waals surface area contributed by atoms with Gasteiger partial charge in [0.25, 0.3) is 0 Å². The Balaban J connectivity index is 1.17. The molecule has 3 aliphatic rings. The van der Waals surface area contributed by atoms with Crippen molar-refractivity contribution < 1.29 is 18.0 Å². The minimum Gasteiger partial charge on any atom is -0.366 e. The zero-order valence-electron chi connectivity index (χ0n) is 24.8. The summed E-state index contributed by atoms with van der Waals surface area (Å²) < 4.78 is 26.8. The molecule has 0 aromatic heterocycles. The van der Waals surface area contributed by atoms with Crippen molar-refractivity contribution in [1.82, 2.24) is 15.5 Å². The maximum atomic E-state index is 14.0. The lowest BCUT2D eigenvalue weighted by Gasteiger charge is -2.40. The molecule has 1 unspecified atom stereocenters. The Bertz CT molecular complexity index is 1640. The lowest BCUT2D eigenvalue weighted by molar-refractivity contribution is -0.137. The molecule has 0 saturated carbocycles. The van der Waals surface area contributed by atoms with Crippen LogP contribution in [0.1, 0.15) is 28.7 Å². The molecule has 2 amide bonds. The van der Waals surface area contributed by atoms with Gasteiger partial charge in [-0.3, -0.25) is 13.9 Å². The first-order valence-electron chi connectivity index (χ1n) is 15.2. The van der Waals surface area contributed by atoms with E-state index in [4.69, 9.17) is 11.6 Å². The first-order valence-corrected chi connectivity index (χ1v) is 17.4. The molecule has 3 aliphatic heterocycles. The topological polar surface area (TPSA) is 102 Å². The van der Waals surface area contributed by atoms with Gasteiger partial charge in [-0.2, -0.15) is 0 Å². The van der Waals surface area contributed by atoms with Crippen LogP contribution >= 0.6 is 11.6 Å². The number of hydrogen-bond donors (Lipinski definition) is 2. The van der Waals surface area contributed by atoms with Crippen molar-refractivity contribution in [2.45, 2.75) is 44.3 Å². The van der Waals surface area contributed by atoms with Gasteiger partial charge in [0.05, 0.1) is 23.7 Å². The van der Waals surface area contributed by atoms with E-state index in [0.717, 1.165) is 40.9 Å². The highest BCUT2D eigenvalue weighted by molar-refractivity contribution is 7.92. The highest BCUT2D eigenvalue weighted by Crippen LogP contribution is 2.38. The number of carbonyl (C=O) groups excluding carboxylic acids is 2. The fraction of sp³-hybridized carbons (Fsp3) is 0.394. The molecule has 11 heteroatoms. The zero-order valence-corrected chi connectivity index (χ0v) is 26.4. The van der Waals surface area contributed by atoms with E-state index in [-0.39, 0.29) is 11.8 Å². The third-order valence-corrected chi connectivity index (χ3v) is 10.3. The van der Waals surface area contributed by atoms with Crippen LogP contribution in [0.4, 0.5) is 11.4 Å². The molecule has 2 N–H and O–H groups in total. The number of sulfonamides is 1. The number of para-hydroxylation sites is 1. The van der Waals surface area contributed by atoms with E-state index in [1.165, 1.54) is 16.1 Å². The quantitative estimate of drug-likeness (QED) is 0.414. The van der Waals surface area contributed by atoms with E-state index >= 15 is 0 Å². The Hall–Kier alpha value is -3.60. The Kier molecular flexibility index (Phi) is 8.84. The molecule has 2 atom stereocenters. The van der Waals surface area contributed by atoms with Gasteiger partial charge in [-0.05, 0) is 59.7 Å². The van der Waals surface area contributed by atoms with Gasteiger partial charge in [-0.15, -0.1) is 0 Å². The molecular weight excluding hydrogens is 598 g/mol. The van der Waals surface area contributed by atoms with Gasteiger partial charge in [0.15, 0.2) is 0 Å². The van der Waals surface area contributed by atoms with Crippen molar-refractivity contribution in [3.8, 4) is 0 Å². The molecular formula is C33H38ClN5O4S. The molecule has 44 heavy (non-hydrogen) atoms. The number of anilines is 2. The third-order valence-electron chi connectivity index (χ3n) is 8.85. The summed E-state index contributed by atoms with van der Waals surface area (Å²) in [6.45, 7) is 3.11. The van der Waals surface area contributed by atoms with Gasteiger partial charge >= 0.3 is 0 Å². The van der Waals surface area contributed by atoms with Crippen LogP contribution in [0.25, 0.3) is 0 Å². The number of nitrogens with one attached hydrogen (secondary N) is 2. The normalized spacial score (nSPS) is 19.1. The van der Waals surface area contributed by atoms with Crippen LogP contribution in [0.2, 0.25) is 5.02 Å². The van der Waals surface area contributed by atoms with Crippen molar-refractivity contribution in [1.29, 1.82) is 0 Å². The number of aryl methyl sites for hydroxylation is 1. The zero-order chi connectivity index (χ0) is 30.8. The van der Waals surface area contributed by atoms with Crippen LogP contribution in [0.5, 0.6) is 0 Å². The van der Waals surface area contributed by atoms with Crippen LogP contribution in [-0.2, 0) is 45.4 Å². The number of nitrogens with zero attached hydrogens (tertiary/aromatic N) is 3. The van der Waals surface area contributed by atoms with Crippen LogP contribution in [0.3, 0.4) is 0 Å². The number of amides is 2. The lowest BCUT2D eigenvalue weighted by Crippen LogP contribution is -2.58. The molecule has 3 aromatic carbocycles. The van der Waals surface area contributed by atoms with Crippen LogP contribution < -0.4 is 19.8 Å². The molecule has 232 valence electrons. The second-order valence-electron chi connectivity index (χ2n) is 11.8. The molecule has 3 aromatic rings. The minimum absolute atomic E-state index is 0.128. The maximum absolute atomic E-state index is 14.0. The van der Waals surface area contributed by atoms with E-state index in [9.17, 15) is 18.0 Å². The summed E-state index contributed by atoms with van der Waals surface area (Å²) in [6.07, 6.45) is 3.79. The second kappa shape index (κ2) is 12.8. The predicted molar refractivity (Wildman–Crippen MR) is 174 cm³/mol. The first kappa shape index (κ1) is 30.4. The van der Waals surface area contributed by atoms with Gasteiger partial charge in [-0.25, -0.2) is 8.42 Å². The summed E-state index contributed by atoms with van der Waals surface area (Å²) in [7, 11) is -3.42. The standard InChI is InChI=1S/C33H38ClN5O4S/c1-44(42,43)39-15-5-9-24-8-4-10-30(31(24)39)37-16-18-38(19-17-37)33(41)29(20-23-11-13-27(34)14-12-23)36-32(40)28-21-25-6-2-3-7-26(25)22-35-28/h2-4,6-8,10-14,28-29,35H,5,9,15-22H2,1H3,(H,36,40)/t28-,29?/m1/s1. The maximum Gasteiger partial charge on any atom is 0.245 e. The summed E-state index contributed by atoms with van der Waals surface area (Å²) >= 11 is 6.11. The fourth-order valence-corrected chi connectivity index (χ4v) is 7.66. The molecule has 1 saturated heterocycles. The summed E-state index contributed by atoms with van der Waals surface area (Å²) in [5, 5.41) is 7.01. The molecule has 0 radical (unpaired) electrons. The molecule has 1 fully saturated rings. The molecule has 0 aliphatic carbocycles. The highest BCUT2D eigenvalue weighted by Gasteiger charge is 2.34. The lowest BCUT2D eigenvalue weighted by atomic mass is 9.95. The summed E-state index contributed by atoms with van der Waals surface area (Å²) in [5.41, 5.74) is 5.90. The largest absolute Gasteiger partial charge is 0.366 e. The molecule has 9 nitrogen and oxygen atoms in total. The number of piperazine rings is 1. The minimum atomic E-state index is -3.42. The monoisotopic (exact) mass is 635 g/mol. The van der Waals surface area contributed by atoms with Crippen molar-refractivity contribution in [2.75, 3.05) is 48.2 Å². The third kappa shape index (κ3) is 6.57. The Morgan fingerprint density at radius 3 is 2.36 bits per heavy atom. The van der Waals surface area contributed by atoms with Crippen LogP contribution in [0.15, 0.2) is 66.7 Å². The van der Waals surface area contributed by atoms with Crippen LogP contribution in [-0.4, -0.2) is 76.2 Å². The van der Waals surface area contributed by atoms with Gasteiger partial charge in [-0.1, -0.05) is 60.1 Å². The fourth-order valence-electron chi connectivity index (χ4n) is 6.54. The number of hydrogen-bond acceptors (Lipinski definition) is 6. The molecule has 0 bridgehead atoms. The Morgan fingerprint density at radius 1 is 0.932 bits per heavy atom. The highest BCUT2D eigenvalue weighted by atomic mass is 35.5. The first-order chi connectivity index (χ1) is 21.2. The summed E-state index contributed by atoms with van der Waals surface area (Å²) in [5.74, 6) is -0.320. The average molecular weight is 636 g/mol. The van der Waals surface area contributed by atoms with E-state index in [2.05, 4.69) is 21.6 Å². The van der Waals surface area contributed by atoms with Gasteiger partial charge < -0.3 is 20.4 Å². The Morgan fingerprint density at radius 2 is 1.64 bits per heavy atom. The summed E-state index contributed by atoms with van der Waals surface area (Å²) in [6, 6.07) is 20.2. The van der Waals surface area contributed by atoms with Gasteiger partial charge in [0.1, 0.15) is 6.04 Å². The van der Waals surface area contributed by atoms with E-state index in [0.29, 0.717) is 57.1 Å². The van der Waals surface area contributed by atoms with Gasteiger partial charge in [0.2, 0.25) is 21.8 Å². The molecule has 0 spiro atoms. The van der Waals surface area contributed by atoms with E-state index in [1.807, 2.05) is 53.4 Å². The van der Waals surface area contributed by atoms with Crippen molar-refractivity contribution >= 4 is 44.8 Å².